The number of ether oxygens (including phenoxy) is 1. The van der Waals surface area contributed by atoms with Gasteiger partial charge in [0.15, 0.2) is 0 Å². The van der Waals surface area contributed by atoms with E-state index in [0.29, 0.717) is 5.95 Å². The van der Waals surface area contributed by atoms with E-state index in [1.165, 1.54) is 17.6 Å². The number of pyridine rings is 1. The van der Waals surface area contributed by atoms with Crippen LogP contribution in [0.2, 0.25) is 0 Å². The molecule has 168 valence electrons. The molecule has 0 aromatic carbocycles. The van der Waals surface area contributed by atoms with Crippen LogP contribution < -0.4 is 16.2 Å². The zero-order chi connectivity index (χ0) is 22.4. The number of nitrogen functional groups attached to an aromatic ring is 1. The first-order valence-corrected chi connectivity index (χ1v) is 10.8. The van der Waals surface area contributed by atoms with Crippen LogP contribution in [0, 0.1) is 12.3 Å². The van der Waals surface area contributed by atoms with Crippen molar-refractivity contribution in [1.82, 2.24) is 14.5 Å². The van der Waals surface area contributed by atoms with Crippen LogP contribution in [0.1, 0.15) is 30.5 Å². The molecule has 2 fully saturated rings. The third-order valence-corrected chi connectivity index (χ3v) is 7.43. The monoisotopic (exact) mass is 455 g/mol. The molecule has 7 nitrogen and oxygen atoms in total. The minimum absolute atomic E-state index is 0.0114. The molecule has 2 aromatic rings. The molecule has 2 saturated heterocycles. The summed E-state index contributed by atoms with van der Waals surface area (Å²) in [5.41, 5.74) is 4.91. The highest BCUT2D eigenvalue weighted by Crippen LogP contribution is 2.40. The Hall–Kier alpha value is -2.27. The van der Waals surface area contributed by atoms with E-state index in [1.54, 1.807) is 7.05 Å². The number of halogens is 3. The molecule has 0 atom stereocenters. The lowest BCUT2D eigenvalue weighted by atomic mass is 9.78. The van der Waals surface area contributed by atoms with Crippen molar-refractivity contribution in [2.24, 2.45) is 12.5 Å². The van der Waals surface area contributed by atoms with Crippen molar-refractivity contribution >= 4 is 23.5 Å². The fourth-order valence-electron chi connectivity index (χ4n) is 4.21. The smallest absolute Gasteiger partial charge is 0.382 e. The van der Waals surface area contributed by atoms with Gasteiger partial charge in [-0.3, -0.25) is 14.3 Å². The van der Waals surface area contributed by atoms with E-state index in [2.05, 4.69) is 9.97 Å². The molecule has 2 N–H and O–H groups in total. The van der Waals surface area contributed by atoms with E-state index in [-0.39, 0.29) is 32.1 Å². The zero-order valence-electron chi connectivity index (χ0n) is 17.3. The Morgan fingerprint density at radius 3 is 2.58 bits per heavy atom. The first-order valence-electron chi connectivity index (χ1n) is 10.0. The molecule has 0 aliphatic carbocycles. The van der Waals surface area contributed by atoms with Gasteiger partial charge in [0.05, 0.1) is 6.61 Å². The molecule has 31 heavy (non-hydrogen) atoms. The van der Waals surface area contributed by atoms with Crippen LogP contribution in [0.25, 0.3) is 0 Å². The molecular weight excluding hydrogens is 431 g/mol. The van der Waals surface area contributed by atoms with Crippen LogP contribution in [0.4, 0.5) is 24.9 Å². The quantitative estimate of drug-likeness (QED) is 0.760. The summed E-state index contributed by atoms with van der Waals surface area (Å²) in [7, 11) is 1.61. The number of nitrogens with zero attached hydrogens (tertiary/aromatic N) is 4. The number of rotatable bonds is 3. The summed E-state index contributed by atoms with van der Waals surface area (Å²) in [6.07, 6.45) is -0.534. The first kappa shape index (κ1) is 21.9. The summed E-state index contributed by atoms with van der Waals surface area (Å²) in [6, 6.07) is 1.44. The van der Waals surface area contributed by atoms with Crippen LogP contribution in [-0.2, 0) is 18.0 Å². The topological polar surface area (TPSA) is 86.3 Å². The van der Waals surface area contributed by atoms with Crippen molar-refractivity contribution in [2.75, 3.05) is 36.9 Å². The van der Waals surface area contributed by atoms with E-state index in [9.17, 15) is 18.0 Å². The fourth-order valence-corrected chi connectivity index (χ4v) is 5.19. The van der Waals surface area contributed by atoms with Crippen molar-refractivity contribution in [3.05, 3.63) is 33.9 Å². The van der Waals surface area contributed by atoms with Gasteiger partial charge >= 0.3 is 6.18 Å². The van der Waals surface area contributed by atoms with E-state index in [1.807, 2.05) is 4.90 Å². The SMILES string of the molecule is Cc1c(Sc2c(N)nc(N3CCC4(CCOC4)CC3)n(C)c2=O)ccnc1C(F)(F)F. The van der Waals surface area contributed by atoms with E-state index in [4.69, 9.17) is 10.5 Å². The lowest BCUT2D eigenvalue weighted by molar-refractivity contribution is -0.141. The lowest BCUT2D eigenvalue weighted by Gasteiger charge is -2.39. The number of aromatic nitrogens is 3. The van der Waals surface area contributed by atoms with Crippen molar-refractivity contribution < 1.29 is 17.9 Å². The van der Waals surface area contributed by atoms with Gasteiger partial charge in [0.1, 0.15) is 16.4 Å². The summed E-state index contributed by atoms with van der Waals surface area (Å²) in [5, 5.41) is 0. The van der Waals surface area contributed by atoms with Gasteiger partial charge in [-0.05, 0) is 43.2 Å². The number of hydrogen-bond donors (Lipinski definition) is 1. The number of piperidine rings is 1. The zero-order valence-corrected chi connectivity index (χ0v) is 18.1. The van der Waals surface area contributed by atoms with Gasteiger partial charge in [0.25, 0.3) is 5.56 Å². The van der Waals surface area contributed by atoms with Gasteiger partial charge in [0.2, 0.25) is 5.95 Å². The molecule has 0 saturated carbocycles. The summed E-state index contributed by atoms with van der Waals surface area (Å²) >= 11 is 0.887. The first-order chi connectivity index (χ1) is 14.6. The number of nitrogens with two attached hydrogens (primary N) is 1. The molecule has 2 aliphatic rings. The third kappa shape index (κ3) is 4.12. The van der Waals surface area contributed by atoms with Crippen molar-refractivity contribution in [3.63, 3.8) is 0 Å². The number of hydrogen-bond acceptors (Lipinski definition) is 7. The Kier molecular flexibility index (Phi) is 5.67. The molecule has 11 heteroatoms. The Morgan fingerprint density at radius 2 is 1.97 bits per heavy atom. The normalized spacial score (nSPS) is 18.7. The van der Waals surface area contributed by atoms with Gasteiger partial charge in [-0.25, -0.2) is 0 Å². The molecule has 0 radical (unpaired) electrons. The van der Waals surface area contributed by atoms with Gasteiger partial charge < -0.3 is 15.4 Å². The largest absolute Gasteiger partial charge is 0.433 e. The molecule has 4 rings (SSSR count). The molecule has 1 spiro atoms. The van der Waals surface area contributed by atoms with Gasteiger partial charge in [0, 0.05) is 37.8 Å². The van der Waals surface area contributed by atoms with Crippen LogP contribution in [-0.4, -0.2) is 40.8 Å². The minimum Gasteiger partial charge on any atom is -0.382 e. The second-order valence-corrected chi connectivity index (χ2v) is 9.21. The Bertz CT molecular complexity index is 1040. The maximum Gasteiger partial charge on any atom is 0.433 e. The predicted molar refractivity (Wildman–Crippen MR) is 111 cm³/mol. The molecule has 4 heterocycles. The molecule has 2 aliphatic heterocycles. The van der Waals surface area contributed by atoms with Gasteiger partial charge in [-0.2, -0.15) is 18.2 Å². The van der Waals surface area contributed by atoms with E-state index < -0.39 is 11.9 Å². The van der Waals surface area contributed by atoms with Crippen LogP contribution >= 0.6 is 11.8 Å². The summed E-state index contributed by atoms with van der Waals surface area (Å²) in [4.78, 5) is 23.3. The highest BCUT2D eigenvalue weighted by Gasteiger charge is 2.39. The van der Waals surface area contributed by atoms with Crippen molar-refractivity contribution in [1.29, 1.82) is 0 Å². The predicted octanol–water partition coefficient (Wildman–Crippen LogP) is 3.24. The molecular formula is C20H24F3N5O2S. The third-order valence-electron chi connectivity index (χ3n) is 6.18. The van der Waals surface area contributed by atoms with Gasteiger partial charge in [-0.15, -0.1) is 0 Å². The lowest BCUT2D eigenvalue weighted by Crippen LogP contribution is -2.43. The van der Waals surface area contributed by atoms with Gasteiger partial charge in [-0.1, -0.05) is 11.8 Å². The summed E-state index contributed by atoms with van der Waals surface area (Å²) < 4.78 is 46.5. The maximum atomic E-state index is 13.2. The summed E-state index contributed by atoms with van der Waals surface area (Å²) in [6.45, 7) is 4.38. The minimum atomic E-state index is -4.57. The van der Waals surface area contributed by atoms with E-state index in [0.717, 1.165) is 63.5 Å². The fraction of sp³-hybridized carbons (Fsp3) is 0.550. The van der Waals surface area contributed by atoms with Crippen molar-refractivity contribution in [3.8, 4) is 0 Å². The van der Waals surface area contributed by atoms with E-state index >= 15 is 0 Å². The average molecular weight is 456 g/mol. The highest BCUT2D eigenvalue weighted by molar-refractivity contribution is 7.99. The van der Waals surface area contributed by atoms with Crippen LogP contribution in [0.3, 0.4) is 0 Å². The van der Waals surface area contributed by atoms with Crippen LogP contribution in [0.5, 0.6) is 0 Å². The molecule has 0 bridgehead atoms. The second-order valence-electron chi connectivity index (χ2n) is 8.16. The molecule has 0 amide bonds. The standard InChI is InChI=1S/C20H24F3N5O2S/c1-12-13(3-7-25-15(12)20(21,22)23)31-14-16(24)26-18(27(2)17(14)29)28-8-4-19(5-9-28)6-10-30-11-19/h3,7H,4-6,8-11,24H2,1-2H3. The number of anilines is 2. The molecule has 0 unspecified atom stereocenters. The second kappa shape index (κ2) is 8.01. The molecule has 2 aromatic heterocycles. The number of alkyl halides is 3. The van der Waals surface area contributed by atoms with Crippen LogP contribution in [0.15, 0.2) is 26.8 Å². The Balaban J connectivity index is 1.61. The average Bonchev–Trinajstić information content (AvgIpc) is 3.17. The Labute approximate surface area is 181 Å². The maximum absolute atomic E-state index is 13.2. The highest BCUT2D eigenvalue weighted by atomic mass is 32.2. The van der Waals surface area contributed by atoms with Crippen molar-refractivity contribution in [2.45, 2.75) is 42.2 Å². The summed E-state index contributed by atoms with van der Waals surface area (Å²) in [5.74, 6) is 0.486. The Morgan fingerprint density at radius 1 is 1.26 bits per heavy atom.